The van der Waals surface area contributed by atoms with Gasteiger partial charge in [-0.25, -0.2) is 4.79 Å². The van der Waals surface area contributed by atoms with Crippen LogP contribution >= 0.6 is 0 Å². The number of carbonyl (C=O) groups is 2. The first-order valence-electron chi connectivity index (χ1n) is 10.2. The number of benzene rings is 1. The van der Waals surface area contributed by atoms with E-state index < -0.39 is 17.8 Å². The summed E-state index contributed by atoms with van der Waals surface area (Å²) in [4.78, 5) is 27.3. The second-order valence-electron chi connectivity index (χ2n) is 7.64. The summed E-state index contributed by atoms with van der Waals surface area (Å²) >= 11 is 0. The van der Waals surface area contributed by atoms with E-state index in [-0.39, 0.29) is 37.0 Å². The molecular formula is C21H29F3N2O5. The topological polar surface area (TPSA) is 79.3 Å². The molecule has 0 bridgehead atoms. The summed E-state index contributed by atoms with van der Waals surface area (Å²) in [6.45, 7) is 0.470. The van der Waals surface area contributed by atoms with Gasteiger partial charge in [-0.3, -0.25) is 4.79 Å². The molecule has 2 rings (SSSR count). The van der Waals surface area contributed by atoms with E-state index in [4.69, 9.17) is 14.6 Å². The average Bonchev–Trinajstić information content (AvgIpc) is 2.75. The molecule has 1 aromatic carbocycles. The third-order valence-corrected chi connectivity index (χ3v) is 5.39. The Kier molecular flexibility index (Phi) is 9.12. The number of ether oxygens (including phenoxy) is 2. The second kappa shape index (κ2) is 11.3. The van der Waals surface area contributed by atoms with E-state index in [1.165, 1.54) is 9.80 Å². The van der Waals surface area contributed by atoms with Crippen molar-refractivity contribution in [1.29, 1.82) is 0 Å². The smallest absolute Gasteiger partial charge is 0.410 e. The number of hydrogen-bond donors (Lipinski definition) is 1. The lowest BCUT2D eigenvalue weighted by Crippen LogP contribution is -2.42. The molecule has 0 aliphatic heterocycles. The zero-order valence-electron chi connectivity index (χ0n) is 17.7. The monoisotopic (exact) mass is 446 g/mol. The number of halogens is 3. The first-order valence-corrected chi connectivity index (χ1v) is 10.2. The largest absolute Gasteiger partial charge is 0.416 e. The summed E-state index contributed by atoms with van der Waals surface area (Å²) < 4.78 is 48.7. The van der Waals surface area contributed by atoms with E-state index in [1.807, 2.05) is 0 Å². The Bertz CT molecular complexity index is 719. The molecule has 0 heterocycles. The fourth-order valence-electron chi connectivity index (χ4n) is 3.36. The zero-order valence-corrected chi connectivity index (χ0v) is 17.7. The summed E-state index contributed by atoms with van der Waals surface area (Å²) in [6.07, 6.45) is -1.96. The fraction of sp³-hybridized carbons (Fsp3) is 0.619. The van der Waals surface area contributed by atoms with Gasteiger partial charge in [0.25, 0.3) is 0 Å². The molecule has 2 amide bonds. The van der Waals surface area contributed by atoms with Crippen molar-refractivity contribution >= 4 is 12.0 Å². The standard InChI is InChI=1S/C21H29F3N2O5/c1-25(12-3-13-27)19(28)14-30-17-10-6-16(7-11-17)26(2)20(29)31-18-8-4-15(5-9-18)21(22,23)24/h4-5,8-9,16-17,27H,3,6-7,10-14H2,1-2H3/t16-,17-. The second-order valence-corrected chi connectivity index (χ2v) is 7.64. The highest BCUT2D eigenvalue weighted by Crippen LogP contribution is 2.30. The molecule has 0 saturated heterocycles. The molecule has 0 aromatic heterocycles. The van der Waals surface area contributed by atoms with Crippen molar-refractivity contribution in [3.8, 4) is 5.75 Å². The van der Waals surface area contributed by atoms with Crippen LogP contribution in [0.3, 0.4) is 0 Å². The van der Waals surface area contributed by atoms with Crippen molar-refractivity contribution in [2.45, 2.75) is 50.4 Å². The predicted octanol–water partition coefficient (Wildman–Crippen LogP) is 3.30. The number of aliphatic hydroxyl groups excluding tert-OH is 1. The minimum Gasteiger partial charge on any atom is -0.410 e. The normalized spacial score (nSPS) is 19.0. The molecule has 31 heavy (non-hydrogen) atoms. The van der Waals surface area contributed by atoms with E-state index in [0.717, 1.165) is 24.3 Å². The number of aliphatic hydroxyl groups is 1. The Labute approximate surface area is 179 Å². The summed E-state index contributed by atoms with van der Waals surface area (Å²) in [6, 6.07) is 3.90. The van der Waals surface area contributed by atoms with Crippen LogP contribution < -0.4 is 4.74 Å². The van der Waals surface area contributed by atoms with Crippen LogP contribution in [-0.2, 0) is 15.7 Å². The molecule has 174 valence electrons. The summed E-state index contributed by atoms with van der Waals surface area (Å²) in [5.74, 6) is -0.0986. The molecule has 0 atom stereocenters. The van der Waals surface area contributed by atoms with Crippen LogP contribution in [0.2, 0.25) is 0 Å². The minimum atomic E-state index is -4.44. The van der Waals surface area contributed by atoms with Crippen LogP contribution in [0.4, 0.5) is 18.0 Å². The van der Waals surface area contributed by atoms with Gasteiger partial charge >= 0.3 is 12.3 Å². The molecule has 7 nitrogen and oxygen atoms in total. The van der Waals surface area contributed by atoms with Crippen molar-refractivity contribution in [3.63, 3.8) is 0 Å². The van der Waals surface area contributed by atoms with Crippen LogP contribution in [0, 0.1) is 0 Å². The lowest BCUT2D eigenvalue weighted by molar-refractivity contribution is -0.138. The molecule has 0 spiro atoms. The molecule has 0 radical (unpaired) electrons. The van der Waals surface area contributed by atoms with Gasteiger partial charge in [-0.1, -0.05) is 0 Å². The summed E-state index contributed by atoms with van der Waals surface area (Å²) in [7, 11) is 3.26. The highest BCUT2D eigenvalue weighted by atomic mass is 19.4. The van der Waals surface area contributed by atoms with Gasteiger partial charge in [-0.05, 0) is 56.4 Å². The van der Waals surface area contributed by atoms with Gasteiger partial charge in [-0.15, -0.1) is 0 Å². The number of hydrogen-bond acceptors (Lipinski definition) is 5. The van der Waals surface area contributed by atoms with Crippen molar-refractivity contribution < 1.29 is 37.3 Å². The number of amides is 2. The van der Waals surface area contributed by atoms with Gasteiger partial charge in [0.2, 0.25) is 5.91 Å². The molecule has 1 aromatic rings. The minimum absolute atomic E-state index is 0.0247. The number of rotatable bonds is 8. The lowest BCUT2D eigenvalue weighted by atomic mass is 9.92. The van der Waals surface area contributed by atoms with Crippen molar-refractivity contribution in [1.82, 2.24) is 9.80 Å². The lowest BCUT2D eigenvalue weighted by Gasteiger charge is -2.34. The SMILES string of the molecule is CN(CCCO)C(=O)CO[C@H]1CC[C@H](N(C)C(=O)Oc2ccc(C(F)(F)F)cc2)CC1. The molecule has 0 unspecified atom stereocenters. The van der Waals surface area contributed by atoms with Crippen molar-refractivity contribution in [2.24, 2.45) is 0 Å². The Hall–Kier alpha value is -2.33. The van der Waals surface area contributed by atoms with Gasteiger partial charge in [-0.2, -0.15) is 13.2 Å². The highest BCUT2D eigenvalue weighted by Gasteiger charge is 2.31. The highest BCUT2D eigenvalue weighted by molar-refractivity contribution is 5.77. The number of carbonyl (C=O) groups excluding carboxylic acids is 2. The number of likely N-dealkylation sites (N-methyl/N-ethyl adjacent to an activating group) is 1. The van der Waals surface area contributed by atoms with Gasteiger partial charge in [0, 0.05) is 33.3 Å². The van der Waals surface area contributed by atoms with E-state index in [1.54, 1.807) is 14.1 Å². The quantitative estimate of drug-likeness (QED) is 0.663. The average molecular weight is 446 g/mol. The molecule has 10 heteroatoms. The number of nitrogens with zero attached hydrogens (tertiary/aromatic N) is 2. The summed E-state index contributed by atoms with van der Waals surface area (Å²) in [5, 5.41) is 8.82. The molecule has 1 N–H and O–H groups in total. The third kappa shape index (κ3) is 7.70. The fourth-order valence-corrected chi connectivity index (χ4v) is 3.36. The van der Waals surface area contributed by atoms with Crippen LogP contribution in [0.1, 0.15) is 37.7 Å². The van der Waals surface area contributed by atoms with E-state index in [2.05, 4.69) is 0 Å². The molecule has 1 saturated carbocycles. The van der Waals surface area contributed by atoms with Crippen molar-refractivity contribution in [2.75, 3.05) is 33.9 Å². The Balaban J connectivity index is 1.75. The molecule has 1 fully saturated rings. The zero-order chi connectivity index (χ0) is 23.0. The van der Waals surface area contributed by atoms with Crippen molar-refractivity contribution in [3.05, 3.63) is 29.8 Å². The molecule has 1 aliphatic carbocycles. The van der Waals surface area contributed by atoms with Gasteiger partial charge < -0.3 is 24.4 Å². The number of alkyl halides is 3. The third-order valence-electron chi connectivity index (χ3n) is 5.39. The summed E-state index contributed by atoms with van der Waals surface area (Å²) in [5.41, 5.74) is -0.808. The Morgan fingerprint density at radius 3 is 2.26 bits per heavy atom. The van der Waals surface area contributed by atoms with E-state index in [0.29, 0.717) is 38.6 Å². The van der Waals surface area contributed by atoms with E-state index >= 15 is 0 Å². The first kappa shape index (κ1) is 24.9. The maximum absolute atomic E-state index is 12.6. The van der Waals surface area contributed by atoms with Gasteiger partial charge in [0.1, 0.15) is 12.4 Å². The van der Waals surface area contributed by atoms with E-state index in [9.17, 15) is 22.8 Å². The Morgan fingerprint density at radius 1 is 1.10 bits per heavy atom. The van der Waals surface area contributed by atoms with Crippen LogP contribution in [-0.4, -0.2) is 72.9 Å². The van der Waals surface area contributed by atoms with Gasteiger partial charge in [0.05, 0.1) is 11.7 Å². The molecule has 1 aliphatic rings. The van der Waals surface area contributed by atoms with Crippen LogP contribution in [0.25, 0.3) is 0 Å². The predicted molar refractivity (Wildman–Crippen MR) is 107 cm³/mol. The van der Waals surface area contributed by atoms with Crippen LogP contribution in [0.15, 0.2) is 24.3 Å². The Morgan fingerprint density at radius 2 is 1.71 bits per heavy atom. The van der Waals surface area contributed by atoms with Gasteiger partial charge in [0.15, 0.2) is 0 Å². The maximum atomic E-state index is 12.6. The van der Waals surface area contributed by atoms with Crippen LogP contribution in [0.5, 0.6) is 5.75 Å². The first-order chi connectivity index (χ1) is 14.6. The maximum Gasteiger partial charge on any atom is 0.416 e. The molecular weight excluding hydrogens is 417 g/mol.